The Bertz CT molecular complexity index is 965. The molecular formula is C20H17BBr2O5. The van der Waals surface area contributed by atoms with E-state index in [0.29, 0.717) is 26.6 Å². The number of rotatable bonds is 4. The Kier molecular flexibility index (Phi) is 6.05. The number of benzene rings is 3. The molecule has 3 aromatic rings. The highest BCUT2D eigenvalue weighted by Crippen LogP contribution is 2.44. The first-order chi connectivity index (χ1) is 13.2. The largest absolute Gasteiger partial charge is 0.508 e. The summed E-state index contributed by atoms with van der Waals surface area (Å²) in [4.78, 5) is 0. The molecule has 0 aliphatic heterocycles. The molecule has 3 aromatic carbocycles. The number of phenols is 3. The molecule has 1 unspecified atom stereocenters. The maximum Gasteiger partial charge on any atom is 0.488 e. The third-order valence-electron chi connectivity index (χ3n) is 4.59. The van der Waals surface area contributed by atoms with E-state index in [4.69, 9.17) is 0 Å². The van der Waals surface area contributed by atoms with Crippen molar-refractivity contribution in [2.45, 2.75) is 12.8 Å². The second-order valence-corrected chi connectivity index (χ2v) is 8.20. The van der Waals surface area contributed by atoms with Crippen LogP contribution in [0, 0.1) is 6.92 Å². The molecule has 0 aliphatic carbocycles. The van der Waals surface area contributed by atoms with Crippen LogP contribution in [0.4, 0.5) is 0 Å². The number of aromatic hydroxyl groups is 3. The molecule has 5 N–H and O–H groups in total. The zero-order valence-electron chi connectivity index (χ0n) is 14.8. The van der Waals surface area contributed by atoms with Crippen LogP contribution in [0.2, 0.25) is 0 Å². The van der Waals surface area contributed by atoms with Gasteiger partial charge in [-0.05, 0) is 57.6 Å². The Hall–Kier alpha value is -2.00. The minimum absolute atomic E-state index is 0.0561. The molecule has 0 aromatic heterocycles. The Balaban J connectivity index is 2.26. The van der Waals surface area contributed by atoms with Gasteiger partial charge < -0.3 is 25.4 Å². The van der Waals surface area contributed by atoms with Gasteiger partial charge in [0, 0.05) is 27.6 Å². The van der Waals surface area contributed by atoms with E-state index in [1.165, 1.54) is 6.07 Å². The highest BCUT2D eigenvalue weighted by molar-refractivity contribution is 9.10. The first kappa shape index (κ1) is 20.7. The van der Waals surface area contributed by atoms with E-state index in [9.17, 15) is 25.4 Å². The molecule has 144 valence electrons. The number of hydrogen-bond acceptors (Lipinski definition) is 5. The number of hydrogen-bond donors (Lipinski definition) is 5. The molecule has 1 atom stereocenters. The highest BCUT2D eigenvalue weighted by Gasteiger charge is 2.25. The lowest BCUT2D eigenvalue weighted by molar-refractivity contribution is 0.425. The van der Waals surface area contributed by atoms with Crippen LogP contribution in [0.25, 0.3) is 0 Å². The van der Waals surface area contributed by atoms with Crippen molar-refractivity contribution < 1.29 is 25.4 Å². The van der Waals surface area contributed by atoms with Crippen LogP contribution in [-0.2, 0) is 0 Å². The van der Waals surface area contributed by atoms with Gasteiger partial charge in [0.2, 0.25) is 0 Å². The Labute approximate surface area is 179 Å². The zero-order chi connectivity index (χ0) is 20.6. The molecule has 0 aliphatic rings. The van der Waals surface area contributed by atoms with E-state index in [-0.39, 0.29) is 17.2 Å². The average Bonchev–Trinajstić information content (AvgIpc) is 2.64. The predicted molar refractivity (Wildman–Crippen MR) is 115 cm³/mol. The Morgan fingerprint density at radius 3 is 1.86 bits per heavy atom. The molecular weight excluding hydrogens is 491 g/mol. The molecule has 0 heterocycles. The van der Waals surface area contributed by atoms with Crippen LogP contribution >= 0.6 is 31.9 Å². The lowest BCUT2D eigenvalue weighted by Gasteiger charge is -2.22. The van der Waals surface area contributed by atoms with Gasteiger partial charge in [0.1, 0.15) is 17.2 Å². The molecule has 0 saturated heterocycles. The van der Waals surface area contributed by atoms with Gasteiger partial charge in [-0.3, -0.25) is 0 Å². The summed E-state index contributed by atoms with van der Waals surface area (Å²) >= 11 is 6.75. The van der Waals surface area contributed by atoms with E-state index in [0.717, 1.165) is 10.0 Å². The van der Waals surface area contributed by atoms with Crippen molar-refractivity contribution in [2.24, 2.45) is 0 Å². The number of aryl methyl sites for hydroxylation is 1. The van der Waals surface area contributed by atoms with Gasteiger partial charge in [0.05, 0.1) is 4.47 Å². The summed E-state index contributed by atoms with van der Waals surface area (Å²) in [6.45, 7) is 1.86. The molecule has 0 radical (unpaired) electrons. The quantitative estimate of drug-likeness (QED) is 0.275. The van der Waals surface area contributed by atoms with Gasteiger partial charge in [-0.1, -0.05) is 40.2 Å². The van der Waals surface area contributed by atoms with E-state index < -0.39 is 13.0 Å². The first-order valence-corrected chi connectivity index (χ1v) is 9.94. The molecule has 0 bridgehead atoms. The van der Waals surface area contributed by atoms with Gasteiger partial charge in [-0.25, -0.2) is 0 Å². The van der Waals surface area contributed by atoms with E-state index >= 15 is 0 Å². The fourth-order valence-electron chi connectivity index (χ4n) is 3.10. The van der Waals surface area contributed by atoms with Crippen molar-refractivity contribution in [3.8, 4) is 17.2 Å². The summed E-state index contributed by atoms with van der Waals surface area (Å²) in [5.74, 6) is -0.750. The van der Waals surface area contributed by atoms with Crippen molar-refractivity contribution in [1.82, 2.24) is 0 Å². The molecule has 0 saturated carbocycles. The molecule has 0 amide bonds. The van der Waals surface area contributed by atoms with Gasteiger partial charge >= 0.3 is 7.12 Å². The highest BCUT2D eigenvalue weighted by atomic mass is 79.9. The van der Waals surface area contributed by atoms with Crippen LogP contribution in [0.3, 0.4) is 0 Å². The smallest absolute Gasteiger partial charge is 0.488 e. The zero-order valence-corrected chi connectivity index (χ0v) is 17.9. The molecule has 0 fully saturated rings. The third-order valence-corrected chi connectivity index (χ3v) is 6.08. The van der Waals surface area contributed by atoms with Gasteiger partial charge in [-0.15, -0.1) is 0 Å². The topological polar surface area (TPSA) is 101 Å². The number of phenolic OH excluding ortho intramolecular Hbond substituents is 3. The fourth-order valence-corrected chi connectivity index (χ4v) is 3.82. The van der Waals surface area contributed by atoms with Crippen LogP contribution in [0.15, 0.2) is 57.5 Å². The van der Waals surface area contributed by atoms with Crippen LogP contribution < -0.4 is 5.46 Å². The lowest BCUT2D eigenvalue weighted by Crippen LogP contribution is -2.29. The van der Waals surface area contributed by atoms with Crippen molar-refractivity contribution in [3.63, 3.8) is 0 Å². The third kappa shape index (κ3) is 4.05. The normalized spacial score (nSPS) is 12.0. The second-order valence-electron chi connectivity index (χ2n) is 6.50. The Morgan fingerprint density at radius 1 is 0.750 bits per heavy atom. The molecule has 5 nitrogen and oxygen atoms in total. The SMILES string of the molecule is Cc1cc(O)c(C(c2ccc(B(O)O)cc2)c2cc(Br)c(O)cc2O)cc1Br. The first-order valence-electron chi connectivity index (χ1n) is 8.35. The summed E-state index contributed by atoms with van der Waals surface area (Å²) in [5, 5.41) is 49.7. The second kappa shape index (κ2) is 8.17. The summed E-state index contributed by atoms with van der Waals surface area (Å²) < 4.78 is 1.20. The van der Waals surface area contributed by atoms with Crippen molar-refractivity contribution in [3.05, 3.63) is 79.7 Å². The monoisotopic (exact) mass is 506 g/mol. The van der Waals surface area contributed by atoms with Crippen molar-refractivity contribution in [2.75, 3.05) is 0 Å². The lowest BCUT2D eigenvalue weighted by atomic mass is 9.77. The predicted octanol–water partition coefficient (Wildman–Crippen LogP) is 3.50. The summed E-state index contributed by atoms with van der Waals surface area (Å²) in [6.07, 6.45) is 0. The van der Waals surface area contributed by atoms with E-state index in [1.54, 1.807) is 42.5 Å². The van der Waals surface area contributed by atoms with Crippen LogP contribution in [0.5, 0.6) is 17.2 Å². The fraction of sp³-hybridized carbons (Fsp3) is 0.100. The van der Waals surface area contributed by atoms with Crippen LogP contribution in [0.1, 0.15) is 28.2 Å². The number of halogens is 2. The van der Waals surface area contributed by atoms with Crippen molar-refractivity contribution >= 4 is 44.4 Å². The van der Waals surface area contributed by atoms with Gasteiger partial charge in [-0.2, -0.15) is 0 Å². The molecule has 3 rings (SSSR count). The summed E-state index contributed by atoms with van der Waals surface area (Å²) in [5.41, 5.74) is 2.90. The van der Waals surface area contributed by atoms with Gasteiger partial charge in [0.25, 0.3) is 0 Å². The maximum atomic E-state index is 10.6. The molecule has 0 spiro atoms. The van der Waals surface area contributed by atoms with Gasteiger partial charge in [0.15, 0.2) is 0 Å². The minimum Gasteiger partial charge on any atom is -0.508 e. The minimum atomic E-state index is -1.59. The van der Waals surface area contributed by atoms with Crippen LogP contribution in [-0.4, -0.2) is 32.5 Å². The molecule has 28 heavy (non-hydrogen) atoms. The standard InChI is InChI=1S/C20H17BBr2O5/c1-10-6-17(24)13(7-15(10)22)20(11-2-4-12(5-3-11)21(27)28)14-8-16(23)19(26)9-18(14)25/h2-9,20,24-28H,1H3. The van der Waals surface area contributed by atoms with Crippen molar-refractivity contribution in [1.29, 1.82) is 0 Å². The van der Waals surface area contributed by atoms with E-state index in [1.807, 2.05) is 6.92 Å². The summed E-state index contributed by atoms with van der Waals surface area (Å²) in [6, 6.07) is 12.8. The summed E-state index contributed by atoms with van der Waals surface area (Å²) in [7, 11) is -1.59. The average molecular weight is 508 g/mol. The Morgan fingerprint density at radius 2 is 1.29 bits per heavy atom. The maximum absolute atomic E-state index is 10.6. The molecule has 8 heteroatoms. The van der Waals surface area contributed by atoms with E-state index in [2.05, 4.69) is 31.9 Å².